The van der Waals surface area contributed by atoms with E-state index in [0.717, 1.165) is 6.07 Å². The van der Waals surface area contributed by atoms with Gasteiger partial charge in [-0.1, -0.05) is 0 Å². The summed E-state index contributed by atoms with van der Waals surface area (Å²) in [5.41, 5.74) is -0.668. The maximum atomic E-state index is 13.2. The Balaban J connectivity index is 2.31. The van der Waals surface area contributed by atoms with Gasteiger partial charge in [0.1, 0.15) is 5.82 Å². The van der Waals surface area contributed by atoms with Gasteiger partial charge in [0.25, 0.3) is 5.91 Å². The van der Waals surface area contributed by atoms with Crippen molar-refractivity contribution >= 4 is 11.6 Å². The third kappa shape index (κ3) is 3.36. The molecule has 1 heterocycles. The summed E-state index contributed by atoms with van der Waals surface area (Å²) in [6.45, 7) is 1.69. The second-order valence-electron chi connectivity index (χ2n) is 4.34. The summed E-state index contributed by atoms with van der Waals surface area (Å²) < 4.78 is 51.0. The van der Waals surface area contributed by atoms with Gasteiger partial charge in [0, 0.05) is 23.6 Å². The number of carbonyl (C=O) groups is 1. The van der Waals surface area contributed by atoms with Crippen LogP contribution in [0.3, 0.4) is 0 Å². The van der Waals surface area contributed by atoms with E-state index in [-0.39, 0.29) is 5.56 Å². The van der Waals surface area contributed by atoms with E-state index >= 15 is 0 Å². The summed E-state index contributed by atoms with van der Waals surface area (Å²) in [6.07, 6.45) is -1.91. The molecule has 1 aromatic carbocycles. The summed E-state index contributed by atoms with van der Waals surface area (Å²) in [7, 11) is 0. The molecule has 21 heavy (non-hydrogen) atoms. The Morgan fingerprint density at radius 3 is 2.57 bits per heavy atom. The molecule has 0 fully saturated rings. The van der Waals surface area contributed by atoms with Crippen LogP contribution < -0.4 is 5.32 Å². The van der Waals surface area contributed by atoms with E-state index in [1.165, 1.54) is 18.5 Å². The van der Waals surface area contributed by atoms with Gasteiger partial charge >= 0.3 is 6.18 Å². The summed E-state index contributed by atoms with van der Waals surface area (Å²) >= 11 is 0. The number of pyridine rings is 1. The Morgan fingerprint density at radius 1 is 1.24 bits per heavy atom. The highest BCUT2D eigenvalue weighted by Crippen LogP contribution is 2.32. The minimum absolute atomic E-state index is 0.278. The lowest BCUT2D eigenvalue weighted by Crippen LogP contribution is -2.15. The lowest BCUT2D eigenvalue weighted by Gasteiger charge is -2.11. The van der Waals surface area contributed by atoms with Crippen LogP contribution in [0.4, 0.5) is 23.2 Å². The number of nitrogens with one attached hydrogen (secondary N) is 1. The van der Waals surface area contributed by atoms with E-state index in [0.29, 0.717) is 23.4 Å². The second-order valence-corrected chi connectivity index (χ2v) is 4.34. The standard InChI is InChI=1S/C14H10F4N2O/c1-8-7-19-5-4-12(8)20-13(21)9-2-3-11(15)10(6-9)14(16,17)18/h2-7H,1H3,(H,19,20,21). The van der Waals surface area contributed by atoms with Crippen LogP contribution >= 0.6 is 0 Å². The van der Waals surface area contributed by atoms with Gasteiger partial charge in [-0.2, -0.15) is 13.2 Å². The molecule has 1 amide bonds. The van der Waals surface area contributed by atoms with Crippen molar-refractivity contribution in [1.29, 1.82) is 0 Å². The van der Waals surface area contributed by atoms with E-state index in [4.69, 9.17) is 0 Å². The largest absolute Gasteiger partial charge is 0.419 e. The molecule has 0 aliphatic carbocycles. The molecule has 1 aromatic heterocycles. The molecule has 2 aromatic rings. The van der Waals surface area contributed by atoms with Crippen molar-refractivity contribution in [1.82, 2.24) is 4.98 Å². The number of aryl methyl sites for hydroxylation is 1. The molecule has 0 radical (unpaired) electrons. The fourth-order valence-corrected chi connectivity index (χ4v) is 1.69. The molecule has 3 nitrogen and oxygen atoms in total. The van der Waals surface area contributed by atoms with Crippen LogP contribution in [0.25, 0.3) is 0 Å². The van der Waals surface area contributed by atoms with E-state index in [2.05, 4.69) is 10.3 Å². The highest BCUT2D eigenvalue weighted by molar-refractivity contribution is 6.04. The van der Waals surface area contributed by atoms with Gasteiger partial charge < -0.3 is 5.32 Å². The van der Waals surface area contributed by atoms with Crippen molar-refractivity contribution < 1.29 is 22.4 Å². The minimum atomic E-state index is -4.85. The molecular formula is C14H10F4N2O. The van der Waals surface area contributed by atoms with Gasteiger partial charge in [-0.3, -0.25) is 9.78 Å². The first kappa shape index (κ1) is 15.0. The molecule has 110 valence electrons. The number of benzene rings is 1. The first-order chi connectivity index (χ1) is 9.79. The Kier molecular flexibility index (Phi) is 3.93. The summed E-state index contributed by atoms with van der Waals surface area (Å²) in [4.78, 5) is 15.8. The normalized spacial score (nSPS) is 11.3. The molecule has 0 aliphatic heterocycles. The van der Waals surface area contributed by atoms with Crippen LogP contribution in [-0.4, -0.2) is 10.9 Å². The van der Waals surface area contributed by atoms with Crippen molar-refractivity contribution in [3.05, 3.63) is 59.2 Å². The van der Waals surface area contributed by atoms with Gasteiger partial charge in [-0.15, -0.1) is 0 Å². The molecule has 0 bridgehead atoms. The Hall–Kier alpha value is -2.44. The maximum Gasteiger partial charge on any atom is 0.419 e. The molecule has 0 aliphatic rings. The van der Waals surface area contributed by atoms with Crippen LogP contribution in [0.5, 0.6) is 0 Å². The Labute approximate surface area is 117 Å². The highest BCUT2D eigenvalue weighted by Gasteiger charge is 2.34. The predicted molar refractivity (Wildman–Crippen MR) is 68.3 cm³/mol. The maximum absolute atomic E-state index is 13.2. The SMILES string of the molecule is Cc1cnccc1NC(=O)c1ccc(F)c(C(F)(F)F)c1. The monoisotopic (exact) mass is 298 g/mol. The van der Waals surface area contributed by atoms with Crippen molar-refractivity contribution in [3.63, 3.8) is 0 Å². The molecule has 1 N–H and O–H groups in total. The van der Waals surface area contributed by atoms with Gasteiger partial charge in [0.15, 0.2) is 0 Å². The molecule has 0 unspecified atom stereocenters. The van der Waals surface area contributed by atoms with Crippen molar-refractivity contribution in [3.8, 4) is 0 Å². The van der Waals surface area contributed by atoms with Crippen molar-refractivity contribution in [2.75, 3.05) is 5.32 Å². The number of rotatable bonds is 2. The summed E-state index contributed by atoms with van der Waals surface area (Å²) in [5.74, 6) is -2.17. The third-order valence-corrected chi connectivity index (χ3v) is 2.80. The zero-order chi connectivity index (χ0) is 15.6. The minimum Gasteiger partial charge on any atom is -0.322 e. The summed E-state index contributed by atoms with van der Waals surface area (Å²) in [6, 6.07) is 3.62. The van der Waals surface area contributed by atoms with E-state index in [1.54, 1.807) is 6.92 Å². The van der Waals surface area contributed by atoms with Crippen LogP contribution in [0, 0.1) is 12.7 Å². The number of halogens is 4. The van der Waals surface area contributed by atoms with E-state index in [9.17, 15) is 22.4 Å². The van der Waals surface area contributed by atoms with Gasteiger partial charge in [0.2, 0.25) is 0 Å². The molecule has 7 heteroatoms. The lowest BCUT2D eigenvalue weighted by atomic mass is 10.1. The first-order valence-corrected chi connectivity index (χ1v) is 5.88. The number of hydrogen-bond donors (Lipinski definition) is 1. The number of amides is 1. The van der Waals surface area contributed by atoms with Crippen LogP contribution in [0.2, 0.25) is 0 Å². The molecule has 0 spiro atoms. The Bertz CT molecular complexity index is 683. The number of anilines is 1. The zero-order valence-electron chi connectivity index (χ0n) is 10.8. The van der Waals surface area contributed by atoms with Gasteiger partial charge in [-0.05, 0) is 36.8 Å². The number of nitrogens with zero attached hydrogens (tertiary/aromatic N) is 1. The average Bonchev–Trinajstić information content (AvgIpc) is 2.40. The van der Waals surface area contributed by atoms with Gasteiger partial charge in [-0.25, -0.2) is 4.39 Å². The number of aromatic nitrogens is 1. The third-order valence-electron chi connectivity index (χ3n) is 2.80. The van der Waals surface area contributed by atoms with Crippen LogP contribution in [0.15, 0.2) is 36.7 Å². The topological polar surface area (TPSA) is 42.0 Å². The molecular weight excluding hydrogens is 288 g/mol. The van der Waals surface area contributed by atoms with Crippen molar-refractivity contribution in [2.24, 2.45) is 0 Å². The molecule has 2 rings (SSSR count). The molecule has 0 saturated carbocycles. The van der Waals surface area contributed by atoms with Crippen LogP contribution in [-0.2, 0) is 6.18 Å². The van der Waals surface area contributed by atoms with Gasteiger partial charge in [0.05, 0.1) is 5.56 Å². The van der Waals surface area contributed by atoms with E-state index in [1.807, 2.05) is 0 Å². The summed E-state index contributed by atoms with van der Waals surface area (Å²) in [5, 5.41) is 2.46. The predicted octanol–water partition coefficient (Wildman–Crippen LogP) is 3.80. The fraction of sp³-hybridized carbons (Fsp3) is 0.143. The highest BCUT2D eigenvalue weighted by atomic mass is 19.4. The molecule has 0 saturated heterocycles. The lowest BCUT2D eigenvalue weighted by molar-refractivity contribution is -0.140. The quantitative estimate of drug-likeness (QED) is 0.857. The van der Waals surface area contributed by atoms with Crippen molar-refractivity contribution in [2.45, 2.75) is 13.1 Å². The number of alkyl halides is 3. The fourth-order valence-electron chi connectivity index (χ4n) is 1.69. The average molecular weight is 298 g/mol. The number of hydrogen-bond acceptors (Lipinski definition) is 2. The number of carbonyl (C=O) groups excluding carboxylic acids is 1. The first-order valence-electron chi connectivity index (χ1n) is 5.88. The smallest absolute Gasteiger partial charge is 0.322 e. The molecule has 0 atom stereocenters. The second kappa shape index (κ2) is 5.51. The van der Waals surface area contributed by atoms with Crippen LogP contribution in [0.1, 0.15) is 21.5 Å². The Morgan fingerprint density at radius 2 is 1.95 bits per heavy atom. The zero-order valence-corrected chi connectivity index (χ0v) is 10.8. The van der Waals surface area contributed by atoms with E-state index < -0.39 is 23.5 Å².